The number of hydrogen-bond donors (Lipinski definition) is 2. The Hall–Kier alpha value is -1.14. The molecule has 0 saturated heterocycles. The van der Waals surface area contributed by atoms with Crippen molar-refractivity contribution in [1.82, 2.24) is 0 Å². The number of nitrogens with two attached hydrogens (primary N) is 2. The van der Waals surface area contributed by atoms with Crippen molar-refractivity contribution in [2.75, 3.05) is 13.2 Å². The van der Waals surface area contributed by atoms with Gasteiger partial charge in [0, 0.05) is 0 Å². The number of hydrogen-bond acceptors (Lipinski definition) is 6. The minimum Gasteiger partial charge on any atom is -0.465 e. The summed E-state index contributed by atoms with van der Waals surface area (Å²) in [6, 6.07) is -1.20. The molecule has 0 aliphatic heterocycles. The standard InChI is InChI=1S/C10H20N2O4/c1-7(11)9(13)15-5-3-4-6-16-10(14)8(2)12/h7-8H,3-6,11-12H2,1-2H3. The lowest BCUT2D eigenvalue weighted by Gasteiger charge is -2.08. The van der Waals surface area contributed by atoms with E-state index < -0.39 is 24.0 Å². The molecule has 2 unspecified atom stereocenters. The lowest BCUT2D eigenvalue weighted by atomic mass is 10.3. The molecule has 0 rings (SSSR count). The average molecular weight is 232 g/mol. The Bertz CT molecular complexity index is 205. The molecule has 0 radical (unpaired) electrons. The SMILES string of the molecule is CC(N)C(=O)OCCCCOC(=O)C(C)N. The van der Waals surface area contributed by atoms with Crippen molar-refractivity contribution in [3.63, 3.8) is 0 Å². The first-order valence-corrected chi connectivity index (χ1v) is 5.29. The molecule has 0 fully saturated rings. The molecule has 0 aliphatic rings. The molecule has 0 aliphatic carbocycles. The predicted octanol–water partition coefficient (Wildman–Crippen LogP) is -0.453. The second-order valence-electron chi connectivity index (χ2n) is 3.62. The molecular formula is C10H20N2O4. The summed E-state index contributed by atoms with van der Waals surface area (Å²) >= 11 is 0. The molecule has 0 heterocycles. The van der Waals surface area contributed by atoms with Crippen molar-refractivity contribution < 1.29 is 19.1 Å². The summed E-state index contributed by atoms with van der Waals surface area (Å²) in [6.07, 6.45) is 1.26. The maximum absolute atomic E-state index is 10.9. The maximum Gasteiger partial charge on any atom is 0.322 e. The van der Waals surface area contributed by atoms with Crippen molar-refractivity contribution in [3.8, 4) is 0 Å². The molecule has 0 amide bonds. The number of esters is 2. The molecule has 6 heteroatoms. The van der Waals surface area contributed by atoms with Crippen LogP contribution in [0.4, 0.5) is 0 Å². The molecule has 2 atom stereocenters. The zero-order valence-electron chi connectivity index (χ0n) is 9.77. The Balaban J connectivity index is 3.35. The van der Waals surface area contributed by atoms with E-state index in [1.165, 1.54) is 0 Å². The van der Waals surface area contributed by atoms with Crippen LogP contribution in [0.25, 0.3) is 0 Å². The fraction of sp³-hybridized carbons (Fsp3) is 0.800. The number of rotatable bonds is 7. The fourth-order valence-corrected chi connectivity index (χ4v) is 0.813. The highest BCUT2D eigenvalue weighted by Crippen LogP contribution is 1.94. The molecule has 0 spiro atoms. The summed E-state index contributed by atoms with van der Waals surface area (Å²) < 4.78 is 9.66. The molecule has 0 aromatic rings. The quantitative estimate of drug-likeness (QED) is 0.455. The van der Waals surface area contributed by atoms with E-state index in [1.807, 2.05) is 0 Å². The van der Waals surface area contributed by atoms with Crippen LogP contribution in [0.3, 0.4) is 0 Å². The lowest BCUT2D eigenvalue weighted by Crippen LogP contribution is -2.29. The van der Waals surface area contributed by atoms with E-state index in [0.29, 0.717) is 12.8 Å². The lowest BCUT2D eigenvalue weighted by molar-refractivity contribution is -0.147. The monoisotopic (exact) mass is 232 g/mol. The summed E-state index contributed by atoms with van der Waals surface area (Å²) in [5, 5.41) is 0. The molecule has 6 nitrogen and oxygen atoms in total. The third-order valence-electron chi connectivity index (χ3n) is 1.77. The highest BCUT2D eigenvalue weighted by Gasteiger charge is 2.09. The maximum atomic E-state index is 10.9. The predicted molar refractivity (Wildman–Crippen MR) is 58.5 cm³/mol. The molecule has 0 saturated carbocycles. The van der Waals surface area contributed by atoms with Gasteiger partial charge in [-0.15, -0.1) is 0 Å². The van der Waals surface area contributed by atoms with Gasteiger partial charge in [0.2, 0.25) is 0 Å². The van der Waals surface area contributed by atoms with Gasteiger partial charge in [0.25, 0.3) is 0 Å². The largest absolute Gasteiger partial charge is 0.465 e. The highest BCUT2D eigenvalue weighted by molar-refractivity contribution is 5.75. The smallest absolute Gasteiger partial charge is 0.322 e. The first-order valence-electron chi connectivity index (χ1n) is 5.29. The topological polar surface area (TPSA) is 105 Å². The van der Waals surface area contributed by atoms with Crippen LogP contribution in [-0.4, -0.2) is 37.2 Å². The van der Waals surface area contributed by atoms with E-state index in [1.54, 1.807) is 13.8 Å². The van der Waals surface area contributed by atoms with Gasteiger partial charge in [0.1, 0.15) is 12.1 Å². The van der Waals surface area contributed by atoms with Gasteiger partial charge >= 0.3 is 11.9 Å². The molecular weight excluding hydrogens is 212 g/mol. The Labute approximate surface area is 95.3 Å². The van der Waals surface area contributed by atoms with Gasteiger partial charge in [0.05, 0.1) is 13.2 Å². The van der Waals surface area contributed by atoms with Crippen LogP contribution >= 0.6 is 0 Å². The Morgan fingerprint density at radius 1 is 0.938 bits per heavy atom. The minimum atomic E-state index is -0.601. The van der Waals surface area contributed by atoms with E-state index >= 15 is 0 Å². The molecule has 16 heavy (non-hydrogen) atoms. The second-order valence-corrected chi connectivity index (χ2v) is 3.62. The molecule has 0 aromatic heterocycles. The van der Waals surface area contributed by atoms with Crippen molar-refractivity contribution in [3.05, 3.63) is 0 Å². The Morgan fingerprint density at radius 2 is 1.25 bits per heavy atom. The van der Waals surface area contributed by atoms with Gasteiger partial charge in [-0.05, 0) is 26.7 Å². The van der Waals surface area contributed by atoms with Crippen LogP contribution in [0.2, 0.25) is 0 Å². The van der Waals surface area contributed by atoms with Gasteiger partial charge in [-0.3, -0.25) is 9.59 Å². The van der Waals surface area contributed by atoms with Crippen molar-refractivity contribution in [2.24, 2.45) is 11.5 Å². The van der Waals surface area contributed by atoms with Gasteiger partial charge < -0.3 is 20.9 Å². The summed E-state index contributed by atoms with van der Waals surface area (Å²) in [6.45, 7) is 3.70. The number of unbranched alkanes of at least 4 members (excludes halogenated alkanes) is 1. The summed E-state index contributed by atoms with van der Waals surface area (Å²) in [5.74, 6) is -0.847. The number of carbonyl (C=O) groups excluding carboxylic acids is 2. The van der Waals surface area contributed by atoms with Crippen LogP contribution in [0.5, 0.6) is 0 Å². The van der Waals surface area contributed by atoms with E-state index in [2.05, 4.69) is 0 Å². The van der Waals surface area contributed by atoms with Crippen LogP contribution in [0.15, 0.2) is 0 Å². The second kappa shape index (κ2) is 8.06. The zero-order chi connectivity index (χ0) is 12.6. The molecule has 4 N–H and O–H groups in total. The van der Waals surface area contributed by atoms with Gasteiger partial charge in [-0.2, -0.15) is 0 Å². The molecule has 0 aromatic carbocycles. The van der Waals surface area contributed by atoms with E-state index in [9.17, 15) is 9.59 Å². The third kappa shape index (κ3) is 7.19. The highest BCUT2D eigenvalue weighted by atomic mass is 16.5. The van der Waals surface area contributed by atoms with Crippen LogP contribution in [0, 0.1) is 0 Å². The van der Waals surface area contributed by atoms with Gasteiger partial charge in [0.15, 0.2) is 0 Å². The Morgan fingerprint density at radius 3 is 1.50 bits per heavy atom. The van der Waals surface area contributed by atoms with E-state index in [0.717, 1.165) is 0 Å². The molecule has 94 valence electrons. The van der Waals surface area contributed by atoms with Crippen molar-refractivity contribution >= 4 is 11.9 Å². The van der Waals surface area contributed by atoms with E-state index in [4.69, 9.17) is 20.9 Å². The van der Waals surface area contributed by atoms with Crippen LogP contribution < -0.4 is 11.5 Å². The average Bonchev–Trinajstić information content (AvgIpc) is 2.21. The fourth-order valence-electron chi connectivity index (χ4n) is 0.813. The summed E-state index contributed by atoms with van der Waals surface area (Å²) in [7, 11) is 0. The zero-order valence-corrected chi connectivity index (χ0v) is 9.77. The third-order valence-corrected chi connectivity index (χ3v) is 1.77. The number of carbonyl (C=O) groups is 2. The van der Waals surface area contributed by atoms with E-state index in [-0.39, 0.29) is 13.2 Å². The van der Waals surface area contributed by atoms with Gasteiger partial charge in [-0.1, -0.05) is 0 Å². The minimum absolute atomic E-state index is 0.288. The number of ether oxygens (including phenoxy) is 2. The van der Waals surface area contributed by atoms with Gasteiger partial charge in [-0.25, -0.2) is 0 Å². The first-order chi connectivity index (χ1) is 7.45. The Kier molecular flexibility index (Phi) is 7.49. The normalized spacial score (nSPS) is 14.0. The van der Waals surface area contributed by atoms with Crippen LogP contribution in [-0.2, 0) is 19.1 Å². The van der Waals surface area contributed by atoms with Crippen molar-refractivity contribution in [2.45, 2.75) is 38.8 Å². The summed E-state index contributed by atoms with van der Waals surface area (Å²) in [4.78, 5) is 21.8. The first kappa shape index (κ1) is 14.9. The summed E-state index contributed by atoms with van der Waals surface area (Å²) in [5.41, 5.74) is 10.6. The molecule has 0 bridgehead atoms. The van der Waals surface area contributed by atoms with Crippen molar-refractivity contribution in [1.29, 1.82) is 0 Å². The van der Waals surface area contributed by atoms with Crippen LogP contribution in [0.1, 0.15) is 26.7 Å².